The van der Waals surface area contributed by atoms with E-state index in [4.69, 9.17) is 4.98 Å². The van der Waals surface area contributed by atoms with Crippen molar-refractivity contribution in [3.8, 4) is 0 Å². The van der Waals surface area contributed by atoms with Gasteiger partial charge in [0.05, 0.1) is 17.0 Å². The Kier molecular flexibility index (Phi) is 7.18. The number of piperidine rings is 1. The Balaban J connectivity index is 1.41. The quantitative estimate of drug-likeness (QED) is 0.595. The number of rotatable bonds is 7. The number of likely N-dealkylation sites (tertiary alicyclic amines) is 1. The molecule has 0 unspecified atom stereocenters. The Labute approximate surface area is 196 Å². The number of nitrogens with zero attached hydrogens (tertiary/aromatic N) is 5. The van der Waals surface area contributed by atoms with Crippen molar-refractivity contribution in [1.29, 1.82) is 0 Å². The Bertz CT molecular complexity index is 1110. The van der Waals surface area contributed by atoms with Crippen molar-refractivity contribution in [3.05, 3.63) is 76.1 Å². The number of aryl methyl sites for hydroxylation is 3. The van der Waals surface area contributed by atoms with E-state index in [2.05, 4.69) is 45.8 Å². The zero-order valence-corrected chi connectivity index (χ0v) is 20.1. The molecular formula is C26H34N6O. The predicted octanol–water partition coefficient (Wildman–Crippen LogP) is 3.93. The van der Waals surface area contributed by atoms with E-state index in [0.29, 0.717) is 12.1 Å². The zero-order chi connectivity index (χ0) is 23.4. The number of hydrogen-bond donors (Lipinski definition) is 1. The summed E-state index contributed by atoms with van der Waals surface area (Å²) in [5.41, 5.74) is 6.06. The van der Waals surface area contributed by atoms with E-state index in [-0.39, 0.29) is 11.8 Å². The highest BCUT2D eigenvalue weighted by Gasteiger charge is 2.26. The van der Waals surface area contributed by atoms with E-state index in [9.17, 15) is 4.79 Å². The molecule has 0 saturated carbocycles. The number of carbonyl (C=O) groups is 1. The van der Waals surface area contributed by atoms with E-state index in [1.807, 2.05) is 37.3 Å². The summed E-state index contributed by atoms with van der Waals surface area (Å²) in [7, 11) is 0. The smallest absolute Gasteiger partial charge is 0.254 e. The highest BCUT2D eigenvalue weighted by Crippen LogP contribution is 2.27. The molecule has 174 valence electrons. The zero-order valence-electron chi connectivity index (χ0n) is 20.1. The number of carbonyl (C=O) groups excluding carboxylic acids is 1. The Morgan fingerprint density at radius 1 is 1.15 bits per heavy atom. The maximum atomic E-state index is 12.7. The molecule has 1 saturated heterocycles. The minimum Gasteiger partial charge on any atom is -0.348 e. The molecule has 1 N–H and O–H groups in total. The summed E-state index contributed by atoms with van der Waals surface area (Å²) in [5, 5.41) is 7.64. The van der Waals surface area contributed by atoms with Crippen LogP contribution in [0.5, 0.6) is 0 Å². The fraction of sp³-hybridized carbons (Fsp3) is 0.462. The van der Waals surface area contributed by atoms with Crippen molar-refractivity contribution in [2.24, 2.45) is 0 Å². The summed E-state index contributed by atoms with van der Waals surface area (Å²) in [5.74, 6) is 0.988. The summed E-state index contributed by atoms with van der Waals surface area (Å²) in [6.07, 6.45) is 3.88. The second kappa shape index (κ2) is 10.3. The molecule has 7 heteroatoms. The van der Waals surface area contributed by atoms with Crippen LogP contribution in [0, 0.1) is 20.8 Å². The van der Waals surface area contributed by atoms with Gasteiger partial charge in [0.1, 0.15) is 5.82 Å². The maximum Gasteiger partial charge on any atom is 0.254 e. The highest BCUT2D eigenvalue weighted by molar-refractivity contribution is 5.94. The molecule has 3 heterocycles. The van der Waals surface area contributed by atoms with Crippen molar-refractivity contribution in [3.63, 3.8) is 0 Å². The molecule has 4 rings (SSSR count). The number of benzene rings is 1. The lowest BCUT2D eigenvalue weighted by Gasteiger charge is -2.32. The van der Waals surface area contributed by atoms with Crippen LogP contribution < -0.4 is 5.32 Å². The third kappa shape index (κ3) is 5.30. The van der Waals surface area contributed by atoms with Crippen LogP contribution in [0.3, 0.4) is 0 Å². The van der Waals surface area contributed by atoms with Gasteiger partial charge >= 0.3 is 0 Å². The van der Waals surface area contributed by atoms with Crippen LogP contribution in [-0.2, 0) is 19.6 Å². The van der Waals surface area contributed by atoms with Gasteiger partial charge in [0.2, 0.25) is 0 Å². The molecule has 1 aliphatic heterocycles. The summed E-state index contributed by atoms with van der Waals surface area (Å²) in [4.78, 5) is 24.5. The van der Waals surface area contributed by atoms with Gasteiger partial charge in [-0.3, -0.25) is 14.4 Å². The van der Waals surface area contributed by atoms with Crippen LogP contribution in [0.4, 0.5) is 0 Å². The fourth-order valence-corrected chi connectivity index (χ4v) is 4.68. The minimum atomic E-state index is -0.132. The first-order chi connectivity index (χ1) is 16.0. The number of hydrogen-bond acceptors (Lipinski definition) is 5. The molecule has 33 heavy (non-hydrogen) atoms. The van der Waals surface area contributed by atoms with Crippen molar-refractivity contribution in [2.75, 3.05) is 13.1 Å². The van der Waals surface area contributed by atoms with Gasteiger partial charge < -0.3 is 5.32 Å². The standard InChI is InChI=1S/C26H34N6O/c1-5-32-20(4)24(19(3)30-32)17-31-13-9-12-22(16-31)25-27-15-23(18(2)29-25)26(33)28-14-21-10-7-6-8-11-21/h6-8,10-11,15,22H,5,9,12-14,16-17H2,1-4H3,(H,28,33)/t22-/m0/s1. The molecule has 0 bridgehead atoms. The van der Waals surface area contributed by atoms with Crippen LogP contribution in [0.2, 0.25) is 0 Å². The second-order valence-electron chi connectivity index (χ2n) is 8.93. The molecule has 1 amide bonds. The van der Waals surface area contributed by atoms with Crippen LogP contribution in [-0.4, -0.2) is 43.6 Å². The van der Waals surface area contributed by atoms with Crippen LogP contribution in [0.1, 0.15) is 70.1 Å². The lowest BCUT2D eigenvalue weighted by atomic mass is 9.96. The maximum absolute atomic E-state index is 12.7. The molecule has 1 aromatic carbocycles. The topological polar surface area (TPSA) is 75.9 Å². The highest BCUT2D eigenvalue weighted by atomic mass is 16.1. The number of nitrogens with one attached hydrogen (secondary N) is 1. The van der Waals surface area contributed by atoms with E-state index in [1.54, 1.807) is 6.20 Å². The first kappa shape index (κ1) is 23.1. The minimum absolute atomic E-state index is 0.132. The lowest BCUT2D eigenvalue weighted by molar-refractivity contribution is 0.0949. The van der Waals surface area contributed by atoms with Gasteiger partial charge in [-0.05, 0) is 52.6 Å². The molecule has 1 aliphatic rings. The summed E-state index contributed by atoms with van der Waals surface area (Å²) >= 11 is 0. The van der Waals surface area contributed by atoms with Gasteiger partial charge in [-0.25, -0.2) is 9.97 Å². The van der Waals surface area contributed by atoms with Gasteiger partial charge in [0, 0.05) is 49.6 Å². The average Bonchev–Trinajstić information content (AvgIpc) is 3.11. The van der Waals surface area contributed by atoms with Crippen LogP contribution in [0.25, 0.3) is 0 Å². The average molecular weight is 447 g/mol. The first-order valence-electron chi connectivity index (χ1n) is 11.9. The summed E-state index contributed by atoms with van der Waals surface area (Å²) in [6, 6.07) is 9.90. The Hall–Kier alpha value is -3.06. The van der Waals surface area contributed by atoms with E-state index >= 15 is 0 Å². The normalized spacial score (nSPS) is 16.7. The van der Waals surface area contributed by atoms with Crippen LogP contribution >= 0.6 is 0 Å². The van der Waals surface area contributed by atoms with Crippen molar-refractivity contribution in [2.45, 2.75) is 66.1 Å². The monoisotopic (exact) mass is 446 g/mol. The molecule has 0 radical (unpaired) electrons. The Morgan fingerprint density at radius 3 is 2.64 bits per heavy atom. The molecule has 2 aromatic heterocycles. The summed E-state index contributed by atoms with van der Waals surface area (Å²) < 4.78 is 2.08. The fourth-order valence-electron chi connectivity index (χ4n) is 4.68. The molecule has 7 nitrogen and oxygen atoms in total. The third-order valence-corrected chi connectivity index (χ3v) is 6.62. The molecule has 0 aliphatic carbocycles. The molecular weight excluding hydrogens is 412 g/mol. The third-order valence-electron chi connectivity index (χ3n) is 6.62. The molecule has 0 spiro atoms. The van der Waals surface area contributed by atoms with Crippen molar-refractivity contribution < 1.29 is 4.79 Å². The second-order valence-corrected chi connectivity index (χ2v) is 8.93. The van der Waals surface area contributed by atoms with Crippen molar-refractivity contribution >= 4 is 5.91 Å². The lowest BCUT2D eigenvalue weighted by Crippen LogP contribution is -2.35. The number of aromatic nitrogens is 4. The summed E-state index contributed by atoms with van der Waals surface area (Å²) in [6.45, 7) is 12.6. The molecule has 1 fully saturated rings. The SMILES string of the molecule is CCn1nc(C)c(CN2CCC[C@H](c3ncc(C(=O)NCc4ccccc4)c(C)n3)C2)c1C. The van der Waals surface area contributed by atoms with E-state index in [0.717, 1.165) is 61.8 Å². The molecule has 1 atom stereocenters. The van der Waals surface area contributed by atoms with E-state index in [1.165, 1.54) is 11.3 Å². The van der Waals surface area contributed by atoms with Crippen LogP contribution in [0.15, 0.2) is 36.5 Å². The van der Waals surface area contributed by atoms with Gasteiger partial charge in [-0.15, -0.1) is 0 Å². The van der Waals surface area contributed by atoms with Gasteiger partial charge in [-0.1, -0.05) is 30.3 Å². The molecule has 3 aromatic rings. The van der Waals surface area contributed by atoms with Gasteiger partial charge in [0.15, 0.2) is 0 Å². The first-order valence-corrected chi connectivity index (χ1v) is 11.9. The van der Waals surface area contributed by atoms with Gasteiger partial charge in [-0.2, -0.15) is 5.10 Å². The van der Waals surface area contributed by atoms with Crippen molar-refractivity contribution in [1.82, 2.24) is 30.0 Å². The van der Waals surface area contributed by atoms with E-state index < -0.39 is 0 Å². The predicted molar refractivity (Wildman–Crippen MR) is 129 cm³/mol. The number of amides is 1. The Morgan fingerprint density at radius 2 is 1.94 bits per heavy atom. The largest absolute Gasteiger partial charge is 0.348 e. The van der Waals surface area contributed by atoms with Gasteiger partial charge in [0.25, 0.3) is 5.91 Å².